The summed E-state index contributed by atoms with van der Waals surface area (Å²) in [6.07, 6.45) is 0. The van der Waals surface area contributed by atoms with Crippen molar-refractivity contribution in [3.05, 3.63) is 29.3 Å². The Bertz CT molecular complexity index is 616. The normalized spacial score (nSPS) is 16.8. The molecule has 0 unspecified atom stereocenters. The molecule has 1 amide bonds. The van der Waals surface area contributed by atoms with Gasteiger partial charge in [0.15, 0.2) is 0 Å². The summed E-state index contributed by atoms with van der Waals surface area (Å²) >= 11 is 6.12. The quantitative estimate of drug-likeness (QED) is 0.546. The van der Waals surface area contributed by atoms with Gasteiger partial charge in [-0.1, -0.05) is 23.7 Å². The molecule has 1 aliphatic rings. The highest BCUT2D eigenvalue weighted by atomic mass is 35.5. The Morgan fingerprint density at radius 2 is 1.81 bits per heavy atom. The molecule has 2 rings (SSSR count). The van der Waals surface area contributed by atoms with Crippen molar-refractivity contribution in [1.82, 2.24) is 16.0 Å². The zero-order valence-corrected chi connectivity index (χ0v) is 12.6. The number of nitrogens with zero attached hydrogens (tertiary/aromatic N) is 2. The lowest BCUT2D eigenvalue weighted by Gasteiger charge is -2.36. The van der Waals surface area contributed by atoms with Crippen LogP contribution in [0.5, 0.6) is 0 Å². The van der Waals surface area contributed by atoms with Crippen LogP contribution in [0.15, 0.2) is 24.3 Å². The first-order chi connectivity index (χ1) is 9.88. The van der Waals surface area contributed by atoms with Gasteiger partial charge in [0.25, 0.3) is 0 Å². The van der Waals surface area contributed by atoms with Crippen LogP contribution in [0.2, 0.25) is 5.02 Å². The van der Waals surface area contributed by atoms with Crippen LogP contribution in [0.3, 0.4) is 0 Å². The van der Waals surface area contributed by atoms with Crippen molar-refractivity contribution in [2.75, 3.05) is 31.1 Å². The highest BCUT2D eigenvalue weighted by Crippen LogP contribution is 2.25. The molecule has 8 nitrogen and oxygen atoms in total. The van der Waals surface area contributed by atoms with Gasteiger partial charge in [0, 0.05) is 26.2 Å². The van der Waals surface area contributed by atoms with Crippen LogP contribution in [0.1, 0.15) is 0 Å². The van der Waals surface area contributed by atoms with Gasteiger partial charge in [-0.2, -0.15) is 14.0 Å². The summed E-state index contributed by atoms with van der Waals surface area (Å²) in [4.78, 5) is 13.1. The van der Waals surface area contributed by atoms with Gasteiger partial charge in [0.1, 0.15) is 0 Å². The number of carbonyl (C=O) groups excluding carboxylic acids is 1. The number of nitrogens with one attached hydrogen (secondary N) is 2. The number of halogens is 1. The molecule has 1 aromatic carbocycles. The number of hydrazine groups is 2. The zero-order valence-electron chi connectivity index (χ0n) is 11.0. The van der Waals surface area contributed by atoms with E-state index in [0.29, 0.717) is 31.2 Å². The molecular formula is C11H15ClN4O4S. The smallest absolute Gasteiger partial charge is 0.368 e. The van der Waals surface area contributed by atoms with E-state index < -0.39 is 15.4 Å². The Kier molecular flexibility index (Phi) is 5.01. The first-order valence-corrected chi connectivity index (χ1v) is 7.97. The van der Waals surface area contributed by atoms with E-state index in [9.17, 15) is 13.2 Å². The predicted octanol–water partition coefficient (Wildman–Crippen LogP) is 0.479. The standard InChI is InChI=1S/C11H15ClN4O4S/c12-9-3-1-2-4-10(9)15-5-7-16(8-6-15)14-13-11(17)21(18,19)20/h1-4,14H,5-8H2,(H,13,17)(H,18,19,20). The molecule has 1 aromatic rings. The van der Waals surface area contributed by atoms with Gasteiger partial charge in [0.05, 0.1) is 10.7 Å². The van der Waals surface area contributed by atoms with Gasteiger partial charge in [-0.3, -0.25) is 14.8 Å². The van der Waals surface area contributed by atoms with Gasteiger partial charge in [-0.05, 0) is 12.1 Å². The third kappa shape index (κ3) is 4.29. The second kappa shape index (κ2) is 6.58. The fourth-order valence-corrected chi connectivity index (χ4v) is 2.39. The summed E-state index contributed by atoms with van der Waals surface area (Å²) in [5.41, 5.74) is 5.29. The minimum Gasteiger partial charge on any atom is -0.368 e. The molecule has 116 valence electrons. The molecule has 10 heteroatoms. The number of piperazine rings is 1. The molecule has 1 aliphatic heterocycles. The average molecular weight is 335 g/mol. The molecular weight excluding hydrogens is 320 g/mol. The Hall–Kier alpha value is -1.39. The highest BCUT2D eigenvalue weighted by Gasteiger charge is 2.21. The van der Waals surface area contributed by atoms with Crippen molar-refractivity contribution >= 4 is 32.6 Å². The highest BCUT2D eigenvalue weighted by molar-refractivity contribution is 8.01. The molecule has 0 radical (unpaired) electrons. The van der Waals surface area contributed by atoms with Crippen molar-refractivity contribution in [2.24, 2.45) is 0 Å². The van der Waals surface area contributed by atoms with Crippen LogP contribution in [0.25, 0.3) is 0 Å². The minimum atomic E-state index is -4.73. The molecule has 3 N–H and O–H groups in total. The molecule has 1 fully saturated rings. The molecule has 1 heterocycles. The molecule has 0 bridgehead atoms. The Morgan fingerprint density at radius 1 is 1.19 bits per heavy atom. The SMILES string of the molecule is O=C(NNN1CCN(c2ccccc2Cl)CC1)S(=O)(=O)O. The second-order valence-corrected chi connectivity index (χ2v) is 6.15. The molecule has 0 spiro atoms. The summed E-state index contributed by atoms with van der Waals surface area (Å²) < 4.78 is 29.6. The zero-order chi connectivity index (χ0) is 15.5. The molecule has 0 aliphatic carbocycles. The number of para-hydroxylation sites is 1. The van der Waals surface area contributed by atoms with Crippen molar-refractivity contribution in [3.8, 4) is 0 Å². The van der Waals surface area contributed by atoms with E-state index in [-0.39, 0.29) is 0 Å². The minimum absolute atomic E-state index is 0.539. The number of benzene rings is 1. The van der Waals surface area contributed by atoms with Crippen LogP contribution in [0.4, 0.5) is 10.5 Å². The van der Waals surface area contributed by atoms with E-state index in [1.165, 1.54) is 0 Å². The van der Waals surface area contributed by atoms with Gasteiger partial charge in [-0.15, -0.1) is 0 Å². The van der Waals surface area contributed by atoms with Crippen molar-refractivity contribution in [1.29, 1.82) is 0 Å². The van der Waals surface area contributed by atoms with E-state index in [1.807, 2.05) is 29.7 Å². The van der Waals surface area contributed by atoms with Crippen LogP contribution >= 0.6 is 11.6 Å². The van der Waals surface area contributed by atoms with Gasteiger partial charge in [-0.25, -0.2) is 5.01 Å². The van der Waals surface area contributed by atoms with Crippen molar-refractivity contribution in [3.63, 3.8) is 0 Å². The lowest BCUT2D eigenvalue weighted by atomic mass is 10.2. The third-order valence-corrected chi connectivity index (χ3v) is 3.91. The van der Waals surface area contributed by atoms with E-state index >= 15 is 0 Å². The van der Waals surface area contributed by atoms with Crippen molar-refractivity contribution < 1.29 is 17.8 Å². The van der Waals surface area contributed by atoms with Crippen molar-refractivity contribution in [2.45, 2.75) is 0 Å². The van der Waals surface area contributed by atoms with E-state index in [4.69, 9.17) is 16.2 Å². The summed E-state index contributed by atoms with van der Waals surface area (Å²) in [6, 6.07) is 7.49. The van der Waals surface area contributed by atoms with Crippen LogP contribution in [-0.2, 0) is 10.1 Å². The number of amides is 1. The number of hydrogen-bond donors (Lipinski definition) is 3. The number of hydrogen-bond acceptors (Lipinski definition) is 6. The lowest BCUT2D eigenvalue weighted by Crippen LogP contribution is -2.57. The van der Waals surface area contributed by atoms with Crippen LogP contribution in [0, 0.1) is 0 Å². The fraction of sp³-hybridized carbons (Fsp3) is 0.364. The monoisotopic (exact) mass is 334 g/mol. The molecule has 1 saturated heterocycles. The average Bonchev–Trinajstić information content (AvgIpc) is 2.45. The number of anilines is 1. The van der Waals surface area contributed by atoms with Gasteiger partial charge in [0.2, 0.25) is 0 Å². The maximum absolute atomic E-state index is 11.0. The predicted molar refractivity (Wildman–Crippen MR) is 78.5 cm³/mol. The maximum atomic E-state index is 11.0. The maximum Gasteiger partial charge on any atom is 0.378 e. The summed E-state index contributed by atoms with van der Waals surface area (Å²) in [5, 5.41) is 0.811. The first-order valence-electron chi connectivity index (χ1n) is 6.15. The van der Waals surface area contributed by atoms with Crippen LogP contribution < -0.4 is 15.9 Å². The lowest BCUT2D eigenvalue weighted by molar-refractivity contribution is 0.150. The molecule has 0 atom stereocenters. The topological polar surface area (TPSA) is 102 Å². The molecule has 21 heavy (non-hydrogen) atoms. The van der Waals surface area contributed by atoms with Gasteiger partial charge < -0.3 is 4.90 Å². The number of carbonyl (C=O) groups is 1. The fourth-order valence-electron chi connectivity index (χ4n) is 1.96. The van der Waals surface area contributed by atoms with E-state index in [0.717, 1.165) is 5.69 Å². The first kappa shape index (κ1) is 16.0. The molecule has 0 saturated carbocycles. The summed E-state index contributed by atoms with van der Waals surface area (Å²) in [7, 11) is -4.73. The Labute approximate surface area is 127 Å². The summed E-state index contributed by atoms with van der Waals surface area (Å²) in [6.45, 7) is 2.38. The van der Waals surface area contributed by atoms with E-state index in [1.54, 1.807) is 5.01 Å². The Balaban J connectivity index is 1.84. The second-order valence-electron chi connectivity index (χ2n) is 4.42. The number of rotatable bonds is 3. The van der Waals surface area contributed by atoms with Gasteiger partial charge >= 0.3 is 15.4 Å². The Morgan fingerprint density at radius 3 is 2.38 bits per heavy atom. The van der Waals surface area contributed by atoms with Crippen LogP contribution in [-0.4, -0.2) is 49.4 Å². The summed E-state index contributed by atoms with van der Waals surface area (Å²) in [5.74, 6) is 0. The molecule has 0 aromatic heterocycles. The third-order valence-electron chi connectivity index (χ3n) is 3.02. The largest absolute Gasteiger partial charge is 0.378 e. The van der Waals surface area contributed by atoms with E-state index in [2.05, 4.69) is 10.4 Å².